The van der Waals surface area contributed by atoms with Gasteiger partial charge in [0.1, 0.15) is 0 Å². The molecule has 248 valence electrons. The van der Waals surface area contributed by atoms with Crippen LogP contribution in [0.3, 0.4) is 0 Å². The lowest BCUT2D eigenvalue weighted by atomic mass is 9.62. The summed E-state index contributed by atoms with van der Waals surface area (Å²) in [5.74, 6) is -1.78. The van der Waals surface area contributed by atoms with E-state index in [0.29, 0.717) is 36.8 Å². The average molecular weight is 669 g/mol. The van der Waals surface area contributed by atoms with Crippen LogP contribution in [0.1, 0.15) is 72.8 Å². The normalized spacial score (nSPS) is 39.5. The van der Waals surface area contributed by atoms with Crippen LogP contribution in [0, 0.1) is 38.9 Å². The Morgan fingerprint density at radius 3 is 2.07 bits per heavy atom. The van der Waals surface area contributed by atoms with Crippen molar-refractivity contribution in [2.75, 3.05) is 11.5 Å². The van der Waals surface area contributed by atoms with Crippen LogP contribution in [0.15, 0.2) is 77.4 Å². The Balaban J connectivity index is 1.42. The number of carbonyl (C=O) groups is 2. The van der Waals surface area contributed by atoms with E-state index >= 15 is 0 Å². The highest BCUT2D eigenvalue weighted by Crippen LogP contribution is 2.75. The number of hydrogen-bond acceptors (Lipinski definition) is 6. The van der Waals surface area contributed by atoms with Gasteiger partial charge in [-0.1, -0.05) is 96.2 Å². The second kappa shape index (κ2) is 9.94. The quantitative estimate of drug-likeness (QED) is 0.263. The molecule has 0 saturated heterocycles. The molecule has 1 aromatic carbocycles. The van der Waals surface area contributed by atoms with E-state index in [1.54, 1.807) is 0 Å². The average Bonchev–Trinajstić information content (AvgIpc) is 3.38. The van der Waals surface area contributed by atoms with Crippen molar-refractivity contribution < 1.29 is 35.5 Å². The SMILES string of the molecule is CC1CC2(CS(=O)(=O)O)C(=O)C(=CC3(c4ccccc4)C=CC(C=C4C(=O)C5(CS(=O)(=O)O)CCC4C5(C)C)=CC3)C1(C)C2(C)C. The van der Waals surface area contributed by atoms with E-state index in [2.05, 4.69) is 0 Å². The Morgan fingerprint density at radius 1 is 0.891 bits per heavy atom. The van der Waals surface area contributed by atoms with Crippen molar-refractivity contribution in [3.63, 3.8) is 0 Å². The molecule has 0 aromatic heterocycles. The first-order valence-electron chi connectivity index (χ1n) is 16.0. The van der Waals surface area contributed by atoms with Gasteiger partial charge in [-0.15, -0.1) is 0 Å². The summed E-state index contributed by atoms with van der Waals surface area (Å²) < 4.78 is 68.2. The van der Waals surface area contributed by atoms with Crippen molar-refractivity contribution in [1.29, 1.82) is 0 Å². The predicted octanol–water partition coefficient (Wildman–Crippen LogP) is 6.09. The summed E-state index contributed by atoms with van der Waals surface area (Å²) in [5.41, 5.74) is -2.20. The molecule has 6 unspecified atom stereocenters. The molecule has 6 rings (SSSR count). The van der Waals surface area contributed by atoms with E-state index < -0.39 is 64.2 Å². The Morgan fingerprint density at radius 2 is 1.50 bits per heavy atom. The molecular weight excluding hydrogens is 625 g/mol. The van der Waals surface area contributed by atoms with Crippen LogP contribution in [0.2, 0.25) is 0 Å². The molecular formula is C36H44O8S2. The van der Waals surface area contributed by atoms with Gasteiger partial charge in [0, 0.05) is 10.8 Å². The number of allylic oxidation sites excluding steroid dienone is 8. The first-order valence-corrected chi connectivity index (χ1v) is 19.2. The van der Waals surface area contributed by atoms with Gasteiger partial charge in [-0.05, 0) is 76.7 Å². The van der Waals surface area contributed by atoms with E-state index in [9.17, 15) is 35.5 Å². The smallest absolute Gasteiger partial charge is 0.265 e. The van der Waals surface area contributed by atoms with Gasteiger partial charge >= 0.3 is 0 Å². The highest BCUT2D eigenvalue weighted by molar-refractivity contribution is 7.86. The van der Waals surface area contributed by atoms with Crippen LogP contribution >= 0.6 is 0 Å². The second-order valence-corrected chi connectivity index (χ2v) is 18.7. The Labute approximate surface area is 272 Å². The van der Waals surface area contributed by atoms with Crippen molar-refractivity contribution in [3.05, 3.63) is 83.0 Å². The summed E-state index contributed by atoms with van der Waals surface area (Å²) in [5, 5.41) is 0. The summed E-state index contributed by atoms with van der Waals surface area (Å²) in [7, 11) is -8.80. The van der Waals surface area contributed by atoms with E-state index in [4.69, 9.17) is 0 Å². The lowest BCUT2D eigenvalue weighted by molar-refractivity contribution is -0.126. The molecule has 4 saturated carbocycles. The minimum Gasteiger partial charge on any atom is -0.294 e. The monoisotopic (exact) mass is 668 g/mol. The molecule has 10 heteroatoms. The molecule has 46 heavy (non-hydrogen) atoms. The topological polar surface area (TPSA) is 143 Å². The van der Waals surface area contributed by atoms with Crippen molar-refractivity contribution in [2.45, 2.75) is 72.6 Å². The number of ketones is 2. The lowest BCUT2D eigenvalue weighted by Crippen LogP contribution is -2.43. The largest absolute Gasteiger partial charge is 0.294 e. The number of fused-ring (bicyclic) bond motifs is 4. The molecule has 0 heterocycles. The summed E-state index contributed by atoms with van der Waals surface area (Å²) in [6.07, 6.45) is 11.8. The van der Waals surface area contributed by atoms with Crippen LogP contribution in [0.25, 0.3) is 0 Å². The maximum Gasteiger partial charge on any atom is 0.265 e. The summed E-state index contributed by atoms with van der Waals surface area (Å²) >= 11 is 0. The van der Waals surface area contributed by atoms with Gasteiger partial charge in [-0.2, -0.15) is 16.8 Å². The molecule has 1 aromatic rings. The molecule has 6 atom stereocenters. The lowest BCUT2D eigenvalue weighted by Gasteiger charge is -2.41. The van der Waals surface area contributed by atoms with Gasteiger partial charge in [0.2, 0.25) is 0 Å². The minimum absolute atomic E-state index is 0.00774. The molecule has 8 nitrogen and oxygen atoms in total. The van der Waals surface area contributed by atoms with E-state index in [1.165, 1.54) is 0 Å². The van der Waals surface area contributed by atoms with Crippen LogP contribution in [0.4, 0.5) is 0 Å². The maximum absolute atomic E-state index is 14.4. The van der Waals surface area contributed by atoms with Gasteiger partial charge < -0.3 is 0 Å². The molecule has 4 bridgehead atoms. The third-order valence-corrected chi connectivity index (χ3v) is 15.3. The summed E-state index contributed by atoms with van der Waals surface area (Å²) in [4.78, 5) is 28.2. The van der Waals surface area contributed by atoms with Gasteiger partial charge in [0.05, 0.1) is 22.3 Å². The molecule has 2 N–H and O–H groups in total. The molecule has 5 aliphatic carbocycles. The summed E-state index contributed by atoms with van der Waals surface area (Å²) in [6, 6.07) is 9.80. The van der Waals surface area contributed by atoms with E-state index in [1.807, 2.05) is 102 Å². The minimum atomic E-state index is -4.43. The third-order valence-electron chi connectivity index (χ3n) is 13.6. The first kappa shape index (κ1) is 33.2. The van der Waals surface area contributed by atoms with Crippen LogP contribution in [0.5, 0.6) is 0 Å². The number of hydrogen-bond donors (Lipinski definition) is 2. The zero-order valence-corrected chi connectivity index (χ0v) is 29.0. The van der Waals surface area contributed by atoms with Crippen molar-refractivity contribution >= 4 is 31.8 Å². The maximum atomic E-state index is 14.4. The van der Waals surface area contributed by atoms with E-state index in [0.717, 1.165) is 11.1 Å². The highest BCUT2D eigenvalue weighted by atomic mass is 32.2. The van der Waals surface area contributed by atoms with E-state index in [-0.39, 0.29) is 23.4 Å². The molecule has 5 aliphatic rings. The van der Waals surface area contributed by atoms with Crippen molar-refractivity contribution in [2.24, 2.45) is 38.9 Å². The molecule has 0 amide bonds. The zero-order chi connectivity index (χ0) is 33.9. The Kier molecular flexibility index (Phi) is 7.18. The van der Waals surface area contributed by atoms with Gasteiger partial charge in [0.25, 0.3) is 20.2 Å². The summed E-state index contributed by atoms with van der Waals surface area (Å²) in [6.45, 7) is 11.8. The highest BCUT2D eigenvalue weighted by Gasteiger charge is 2.76. The number of Topliss-reactive ketones (excluding diaryl/α,β-unsaturated/α-hetero) is 2. The molecule has 4 fully saturated rings. The third kappa shape index (κ3) is 4.35. The second-order valence-electron chi connectivity index (χ2n) is 15.8. The fourth-order valence-corrected chi connectivity index (χ4v) is 12.9. The Bertz CT molecular complexity index is 1880. The predicted molar refractivity (Wildman–Crippen MR) is 176 cm³/mol. The standard InChI is InChI=1S/C36H44O8S2/c1-23-19-36(22-46(42,43)44)30(38)28(33(23,6)32(36,4)5)20-34(25-10-8-7-9-11-25)15-12-24(13-16-34)18-26-27-14-17-35(29(26)37,31(27,2)3)21-45(39,40)41/h7-13,15,18,20,23,27H,14,16-17,19,21-22H2,1-6H3,(H,39,40,41)(H,42,43,44). The number of benzene rings is 1. The fourth-order valence-electron chi connectivity index (χ4n) is 10.4. The van der Waals surface area contributed by atoms with Crippen LogP contribution in [-0.4, -0.2) is 49.0 Å². The molecule has 0 spiro atoms. The first-order chi connectivity index (χ1) is 21.1. The number of rotatable bonds is 7. The van der Waals surface area contributed by atoms with Gasteiger partial charge in [-0.25, -0.2) is 0 Å². The zero-order valence-electron chi connectivity index (χ0n) is 27.3. The fraction of sp³-hybridized carbons (Fsp3) is 0.556. The van der Waals surface area contributed by atoms with Gasteiger partial charge in [0.15, 0.2) is 11.6 Å². The van der Waals surface area contributed by atoms with Gasteiger partial charge in [-0.3, -0.25) is 18.7 Å². The molecule has 0 aliphatic heterocycles. The Hall–Kier alpha value is -2.66. The van der Waals surface area contributed by atoms with Crippen molar-refractivity contribution in [1.82, 2.24) is 0 Å². The van der Waals surface area contributed by atoms with Crippen LogP contribution < -0.4 is 0 Å². The number of carbonyl (C=O) groups excluding carboxylic acids is 2. The van der Waals surface area contributed by atoms with Crippen molar-refractivity contribution in [3.8, 4) is 0 Å². The molecule has 0 radical (unpaired) electrons. The van der Waals surface area contributed by atoms with Crippen LogP contribution in [-0.2, 0) is 35.2 Å².